The highest BCUT2D eigenvalue weighted by molar-refractivity contribution is 7.98. The van der Waals surface area contributed by atoms with Gasteiger partial charge in [-0.15, -0.1) is 11.8 Å². The van der Waals surface area contributed by atoms with Gasteiger partial charge in [0.25, 0.3) is 0 Å². The Morgan fingerprint density at radius 2 is 1.75 bits per heavy atom. The summed E-state index contributed by atoms with van der Waals surface area (Å²) in [5, 5.41) is 0. The Kier molecular flexibility index (Phi) is 6.09. The van der Waals surface area contributed by atoms with Gasteiger partial charge in [0.15, 0.2) is 0 Å². The van der Waals surface area contributed by atoms with Gasteiger partial charge >= 0.3 is 6.09 Å². The Morgan fingerprint density at radius 1 is 1.07 bits per heavy atom. The van der Waals surface area contributed by atoms with Crippen molar-refractivity contribution in [1.82, 2.24) is 9.55 Å². The van der Waals surface area contributed by atoms with Gasteiger partial charge in [0, 0.05) is 16.7 Å². The van der Waals surface area contributed by atoms with Gasteiger partial charge < -0.3 is 9.47 Å². The topological polar surface area (TPSA) is 53.4 Å². The SMILES string of the molecule is CSc1ccc(COc2ccc(-c3cn(C(=O)OC(C)(C)C)cn3)cc2)cc1. The zero-order chi connectivity index (χ0) is 20.1. The average molecular weight is 397 g/mol. The van der Waals surface area contributed by atoms with Gasteiger partial charge in [-0.05, 0) is 69.0 Å². The van der Waals surface area contributed by atoms with Crippen molar-refractivity contribution in [3.63, 3.8) is 0 Å². The molecule has 0 N–H and O–H groups in total. The number of hydrogen-bond acceptors (Lipinski definition) is 5. The van der Waals surface area contributed by atoms with Crippen molar-refractivity contribution in [1.29, 1.82) is 0 Å². The highest BCUT2D eigenvalue weighted by Crippen LogP contribution is 2.22. The predicted molar refractivity (Wildman–Crippen MR) is 112 cm³/mol. The first-order valence-corrected chi connectivity index (χ1v) is 10.2. The van der Waals surface area contributed by atoms with Crippen molar-refractivity contribution in [3.05, 3.63) is 66.6 Å². The first-order valence-electron chi connectivity index (χ1n) is 8.97. The lowest BCUT2D eigenvalue weighted by Gasteiger charge is -2.19. The van der Waals surface area contributed by atoms with Crippen LogP contribution in [-0.4, -0.2) is 27.5 Å². The molecule has 5 nitrogen and oxygen atoms in total. The molecule has 0 saturated heterocycles. The van der Waals surface area contributed by atoms with E-state index in [9.17, 15) is 4.79 Å². The van der Waals surface area contributed by atoms with E-state index in [0.717, 1.165) is 16.9 Å². The zero-order valence-electron chi connectivity index (χ0n) is 16.5. The maximum absolute atomic E-state index is 12.1. The molecule has 0 spiro atoms. The average Bonchev–Trinajstić information content (AvgIpc) is 3.16. The van der Waals surface area contributed by atoms with Crippen LogP contribution >= 0.6 is 11.8 Å². The van der Waals surface area contributed by atoms with E-state index in [0.29, 0.717) is 12.3 Å². The first kappa shape index (κ1) is 20.0. The number of hydrogen-bond donors (Lipinski definition) is 0. The van der Waals surface area contributed by atoms with Gasteiger partial charge in [-0.2, -0.15) is 0 Å². The molecule has 0 fully saturated rings. The molecule has 0 unspecified atom stereocenters. The number of benzene rings is 2. The minimum atomic E-state index is -0.545. The highest BCUT2D eigenvalue weighted by atomic mass is 32.2. The number of thioether (sulfide) groups is 1. The molecule has 0 aliphatic rings. The second kappa shape index (κ2) is 8.52. The minimum Gasteiger partial charge on any atom is -0.489 e. The summed E-state index contributed by atoms with van der Waals surface area (Å²) in [6, 6.07) is 16.0. The van der Waals surface area contributed by atoms with E-state index in [1.165, 1.54) is 15.8 Å². The van der Waals surface area contributed by atoms with Crippen molar-refractivity contribution >= 4 is 17.9 Å². The van der Waals surface area contributed by atoms with Crippen LogP contribution in [0, 0.1) is 0 Å². The lowest BCUT2D eigenvalue weighted by atomic mass is 10.1. The Balaban J connectivity index is 1.61. The Labute approximate surface area is 169 Å². The van der Waals surface area contributed by atoms with Crippen LogP contribution < -0.4 is 4.74 Å². The van der Waals surface area contributed by atoms with Crippen LogP contribution in [0.4, 0.5) is 4.79 Å². The predicted octanol–water partition coefficient (Wildman–Crippen LogP) is 5.63. The number of carbonyl (C=O) groups is 1. The molecule has 0 atom stereocenters. The molecule has 2 aromatic carbocycles. The third kappa shape index (κ3) is 5.39. The van der Waals surface area contributed by atoms with Gasteiger partial charge in [-0.25, -0.2) is 14.3 Å². The summed E-state index contributed by atoms with van der Waals surface area (Å²) in [6.07, 6.45) is 4.74. The van der Waals surface area contributed by atoms with Crippen molar-refractivity contribution in [2.45, 2.75) is 37.9 Å². The van der Waals surface area contributed by atoms with Gasteiger partial charge in [0.05, 0.1) is 5.69 Å². The number of rotatable bonds is 5. The quantitative estimate of drug-likeness (QED) is 0.523. The molecular formula is C22H24N2O3S. The molecule has 0 radical (unpaired) electrons. The standard InChI is InChI=1S/C22H24N2O3S/c1-22(2,3)27-21(25)24-13-20(23-15-24)17-7-9-18(10-8-17)26-14-16-5-11-19(28-4)12-6-16/h5-13,15H,14H2,1-4H3. The van der Waals surface area contributed by atoms with Crippen LogP contribution in [0.2, 0.25) is 0 Å². The fourth-order valence-electron chi connectivity index (χ4n) is 2.50. The summed E-state index contributed by atoms with van der Waals surface area (Å²) in [5.41, 5.74) is 2.18. The van der Waals surface area contributed by atoms with Crippen molar-refractivity contribution in [3.8, 4) is 17.0 Å². The summed E-state index contributed by atoms with van der Waals surface area (Å²) >= 11 is 1.72. The molecule has 1 aromatic heterocycles. The molecule has 0 bridgehead atoms. The molecule has 1 heterocycles. The number of ether oxygens (including phenoxy) is 2. The smallest absolute Gasteiger partial charge is 0.419 e. The number of carbonyl (C=O) groups excluding carboxylic acids is 1. The highest BCUT2D eigenvalue weighted by Gasteiger charge is 2.18. The number of aromatic nitrogens is 2. The molecule has 3 aromatic rings. The molecule has 146 valence electrons. The summed E-state index contributed by atoms with van der Waals surface area (Å²) < 4.78 is 12.5. The first-order chi connectivity index (χ1) is 13.3. The normalized spacial score (nSPS) is 11.3. The van der Waals surface area contributed by atoms with E-state index in [4.69, 9.17) is 9.47 Å². The third-order valence-corrected chi connectivity index (χ3v) is 4.65. The van der Waals surface area contributed by atoms with Gasteiger partial charge in [0.2, 0.25) is 0 Å². The van der Waals surface area contributed by atoms with Gasteiger partial charge in [-0.3, -0.25) is 0 Å². The van der Waals surface area contributed by atoms with Crippen LogP contribution in [-0.2, 0) is 11.3 Å². The van der Waals surface area contributed by atoms with Crippen molar-refractivity contribution in [2.75, 3.05) is 6.26 Å². The summed E-state index contributed by atoms with van der Waals surface area (Å²) in [7, 11) is 0. The van der Waals surface area contributed by atoms with Crippen LogP contribution in [0.1, 0.15) is 26.3 Å². The zero-order valence-corrected chi connectivity index (χ0v) is 17.3. The van der Waals surface area contributed by atoms with Gasteiger partial charge in [0.1, 0.15) is 24.3 Å². The molecule has 0 amide bonds. The maximum Gasteiger partial charge on any atom is 0.419 e. The molecular weight excluding hydrogens is 372 g/mol. The van der Waals surface area contributed by atoms with Crippen LogP contribution in [0.15, 0.2) is 66.0 Å². The summed E-state index contributed by atoms with van der Waals surface area (Å²) in [6.45, 7) is 6.01. The van der Waals surface area contributed by atoms with E-state index >= 15 is 0 Å². The lowest BCUT2D eigenvalue weighted by molar-refractivity contribution is 0.0536. The van der Waals surface area contributed by atoms with E-state index in [-0.39, 0.29) is 0 Å². The maximum atomic E-state index is 12.1. The van der Waals surface area contributed by atoms with Crippen molar-refractivity contribution < 1.29 is 14.3 Å². The molecule has 6 heteroatoms. The number of imidazole rings is 1. The van der Waals surface area contributed by atoms with E-state index in [1.54, 1.807) is 18.0 Å². The molecule has 0 aliphatic carbocycles. The Hall–Kier alpha value is -2.73. The minimum absolute atomic E-state index is 0.446. The third-order valence-electron chi connectivity index (χ3n) is 3.90. The molecule has 28 heavy (non-hydrogen) atoms. The van der Waals surface area contributed by atoms with Gasteiger partial charge in [-0.1, -0.05) is 12.1 Å². The molecule has 3 rings (SSSR count). The number of nitrogens with zero attached hydrogens (tertiary/aromatic N) is 2. The lowest BCUT2D eigenvalue weighted by Crippen LogP contribution is -2.26. The van der Waals surface area contributed by atoms with Crippen LogP contribution in [0.25, 0.3) is 11.3 Å². The Morgan fingerprint density at radius 3 is 2.36 bits per heavy atom. The Bertz CT molecular complexity index is 926. The molecule has 0 saturated carbocycles. The van der Waals surface area contributed by atoms with E-state index in [2.05, 4.69) is 35.5 Å². The monoisotopic (exact) mass is 396 g/mol. The van der Waals surface area contributed by atoms with E-state index < -0.39 is 11.7 Å². The van der Waals surface area contributed by atoms with Crippen LogP contribution in [0.5, 0.6) is 5.75 Å². The van der Waals surface area contributed by atoms with Crippen LogP contribution in [0.3, 0.4) is 0 Å². The second-order valence-electron chi connectivity index (χ2n) is 7.31. The summed E-state index contributed by atoms with van der Waals surface area (Å²) in [4.78, 5) is 17.6. The van der Waals surface area contributed by atoms with Crippen molar-refractivity contribution in [2.24, 2.45) is 0 Å². The van der Waals surface area contributed by atoms with E-state index in [1.807, 2.05) is 45.0 Å². The fourth-order valence-corrected chi connectivity index (χ4v) is 2.90. The fraction of sp³-hybridized carbons (Fsp3) is 0.273. The second-order valence-corrected chi connectivity index (χ2v) is 8.19. The largest absolute Gasteiger partial charge is 0.489 e. The summed E-state index contributed by atoms with van der Waals surface area (Å²) in [5.74, 6) is 0.782. The molecule has 0 aliphatic heterocycles.